The summed E-state index contributed by atoms with van der Waals surface area (Å²) in [4.78, 5) is 2.61. The van der Waals surface area contributed by atoms with E-state index in [9.17, 15) is 0 Å². The van der Waals surface area contributed by atoms with Gasteiger partial charge in [0.05, 0.1) is 0 Å². The molecule has 84 valence electrons. The van der Waals surface area contributed by atoms with Crippen LogP contribution in [0.4, 0.5) is 0 Å². The van der Waals surface area contributed by atoms with Crippen molar-refractivity contribution in [3.8, 4) is 0 Å². The summed E-state index contributed by atoms with van der Waals surface area (Å²) < 4.78 is 0. The van der Waals surface area contributed by atoms with Crippen LogP contribution >= 0.6 is 0 Å². The minimum Gasteiger partial charge on any atom is -0.312 e. The van der Waals surface area contributed by atoms with E-state index < -0.39 is 0 Å². The molecule has 0 amide bonds. The van der Waals surface area contributed by atoms with Gasteiger partial charge in [-0.15, -0.1) is 0 Å². The lowest BCUT2D eigenvalue weighted by atomic mass is 9.96. The molecule has 1 aliphatic heterocycles. The van der Waals surface area contributed by atoms with Crippen LogP contribution in [0, 0.1) is 0 Å². The number of likely N-dealkylation sites (tertiary alicyclic amines) is 1. The van der Waals surface area contributed by atoms with Crippen LogP contribution in [0.3, 0.4) is 0 Å². The van der Waals surface area contributed by atoms with E-state index in [1.165, 1.54) is 19.4 Å². The van der Waals surface area contributed by atoms with E-state index in [1.807, 2.05) is 0 Å². The lowest BCUT2D eigenvalue weighted by molar-refractivity contribution is 0.101. The Kier molecular flexibility index (Phi) is 4.39. The summed E-state index contributed by atoms with van der Waals surface area (Å²) >= 11 is 0. The van der Waals surface area contributed by atoms with Crippen LogP contribution in [0.2, 0.25) is 0 Å². The highest BCUT2D eigenvalue weighted by Crippen LogP contribution is 2.19. The molecular formula is C12H26N2. The first kappa shape index (κ1) is 12.0. The van der Waals surface area contributed by atoms with E-state index in [2.05, 4.69) is 44.8 Å². The second kappa shape index (κ2) is 5.13. The SMILES string of the molecule is CC(C)NC1CCN(C(C)C)[C@H](C)C1. The highest BCUT2D eigenvalue weighted by atomic mass is 15.2. The van der Waals surface area contributed by atoms with Crippen molar-refractivity contribution in [2.45, 2.75) is 71.6 Å². The molecule has 1 saturated heterocycles. The summed E-state index contributed by atoms with van der Waals surface area (Å²) in [6.07, 6.45) is 2.61. The molecule has 14 heavy (non-hydrogen) atoms. The van der Waals surface area contributed by atoms with E-state index in [0.29, 0.717) is 12.1 Å². The van der Waals surface area contributed by atoms with Crippen molar-refractivity contribution in [2.24, 2.45) is 0 Å². The fraction of sp³-hybridized carbons (Fsp3) is 1.00. The van der Waals surface area contributed by atoms with Crippen LogP contribution in [0.15, 0.2) is 0 Å². The predicted octanol–water partition coefficient (Wildman–Crippen LogP) is 2.25. The third kappa shape index (κ3) is 3.25. The van der Waals surface area contributed by atoms with Crippen molar-refractivity contribution in [3.63, 3.8) is 0 Å². The highest BCUT2D eigenvalue weighted by Gasteiger charge is 2.26. The van der Waals surface area contributed by atoms with Gasteiger partial charge in [-0.2, -0.15) is 0 Å². The van der Waals surface area contributed by atoms with Crippen molar-refractivity contribution in [3.05, 3.63) is 0 Å². The van der Waals surface area contributed by atoms with Crippen LogP contribution in [0.25, 0.3) is 0 Å². The lowest BCUT2D eigenvalue weighted by Crippen LogP contribution is -2.51. The standard InChI is InChI=1S/C12H26N2/c1-9(2)13-12-6-7-14(10(3)4)11(5)8-12/h9-13H,6-8H2,1-5H3/t11-,12?/m1/s1. The first-order valence-electron chi connectivity index (χ1n) is 6.02. The number of hydrogen-bond acceptors (Lipinski definition) is 2. The monoisotopic (exact) mass is 198 g/mol. The zero-order valence-corrected chi connectivity index (χ0v) is 10.4. The fourth-order valence-corrected chi connectivity index (χ4v) is 2.58. The summed E-state index contributed by atoms with van der Waals surface area (Å²) in [6.45, 7) is 12.7. The smallest absolute Gasteiger partial charge is 0.00963 e. The molecule has 0 aromatic carbocycles. The molecule has 1 N–H and O–H groups in total. The average molecular weight is 198 g/mol. The molecule has 1 fully saturated rings. The van der Waals surface area contributed by atoms with Crippen molar-refractivity contribution >= 4 is 0 Å². The molecule has 2 nitrogen and oxygen atoms in total. The van der Waals surface area contributed by atoms with Gasteiger partial charge in [-0.1, -0.05) is 13.8 Å². The molecule has 0 saturated carbocycles. The summed E-state index contributed by atoms with van der Waals surface area (Å²) in [7, 11) is 0. The Morgan fingerprint density at radius 2 is 1.86 bits per heavy atom. The van der Waals surface area contributed by atoms with E-state index >= 15 is 0 Å². The van der Waals surface area contributed by atoms with Gasteiger partial charge in [0.25, 0.3) is 0 Å². The second-order valence-corrected chi connectivity index (χ2v) is 5.22. The van der Waals surface area contributed by atoms with Crippen molar-refractivity contribution in [2.75, 3.05) is 6.54 Å². The zero-order chi connectivity index (χ0) is 10.7. The molecule has 0 bridgehead atoms. The van der Waals surface area contributed by atoms with Gasteiger partial charge in [-0.05, 0) is 33.6 Å². The van der Waals surface area contributed by atoms with Crippen molar-refractivity contribution < 1.29 is 0 Å². The Hall–Kier alpha value is -0.0800. The number of nitrogens with zero attached hydrogens (tertiary/aromatic N) is 1. The van der Waals surface area contributed by atoms with Crippen molar-refractivity contribution in [1.82, 2.24) is 10.2 Å². The maximum absolute atomic E-state index is 3.64. The maximum atomic E-state index is 3.64. The minimum atomic E-state index is 0.623. The molecule has 0 aliphatic carbocycles. The number of rotatable bonds is 3. The third-order valence-corrected chi connectivity index (χ3v) is 3.16. The fourth-order valence-electron chi connectivity index (χ4n) is 2.58. The Bertz CT molecular complexity index is 166. The van der Waals surface area contributed by atoms with Crippen molar-refractivity contribution in [1.29, 1.82) is 0 Å². The average Bonchev–Trinajstić information content (AvgIpc) is 2.01. The van der Waals surface area contributed by atoms with Crippen LogP contribution in [0.5, 0.6) is 0 Å². The first-order valence-corrected chi connectivity index (χ1v) is 6.02. The van der Waals surface area contributed by atoms with Gasteiger partial charge in [0.2, 0.25) is 0 Å². The van der Waals surface area contributed by atoms with E-state index in [-0.39, 0.29) is 0 Å². The molecular weight excluding hydrogens is 172 g/mol. The van der Waals surface area contributed by atoms with Crippen LogP contribution in [0.1, 0.15) is 47.5 Å². The number of hydrogen-bond donors (Lipinski definition) is 1. The van der Waals surface area contributed by atoms with Gasteiger partial charge in [0, 0.05) is 30.7 Å². The first-order chi connectivity index (χ1) is 6.50. The molecule has 0 aromatic rings. The lowest BCUT2D eigenvalue weighted by Gasteiger charge is -2.41. The van der Waals surface area contributed by atoms with Crippen LogP contribution in [-0.4, -0.2) is 35.6 Å². The molecule has 1 rings (SSSR count). The highest BCUT2D eigenvalue weighted by molar-refractivity contribution is 4.85. The quantitative estimate of drug-likeness (QED) is 0.748. The summed E-state index contributed by atoms with van der Waals surface area (Å²) in [5.74, 6) is 0. The minimum absolute atomic E-state index is 0.623. The Morgan fingerprint density at radius 3 is 2.29 bits per heavy atom. The topological polar surface area (TPSA) is 15.3 Å². The van der Waals surface area contributed by atoms with E-state index in [4.69, 9.17) is 0 Å². The summed E-state index contributed by atoms with van der Waals surface area (Å²) in [5.41, 5.74) is 0. The van der Waals surface area contributed by atoms with Gasteiger partial charge in [-0.25, -0.2) is 0 Å². The Balaban J connectivity index is 2.39. The predicted molar refractivity (Wildman–Crippen MR) is 62.6 cm³/mol. The van der Waals surface area contributed by atoms with Gasteiger partial charge >= 0.3 is 0 Å². The van der Waals surface area contributed by atoms with Crippen LogP contribution in [-0.2, 0) is 0 Å². The molecule has 1 aliphatic rings. The largest absolute Gasteiger partial charge is 0.312 e. The van der Waals surface area contributed by atoms with Gasteiger partial charge < -0.3 is 5.32 Å². The van der Waals surface area contributed by atoms with Gasteiger partial charge in [0.1, 0.15) is 0 Å². The molecule has 2 heteroatoms. The van der Waals surface area contributed by atoms with E-state index in [1.54, 1.807) is 0 Å². The van der Waals surface area contributed by atoms with Gasteiger partial charge in [-0.3, -0.25) is 4.90 Å². The van der Waals surface area contributed by atoms with Crippen LogP contribution < -0.4 is 5.32 Å². The maximum Gasteiger partial charge on any atom is 0.00963 e. The molecule has 1 heterocycles. The third-order valence-electron chi connectivity index (χ3n) is 3.16. The molecule has 0 aromatic heterocycles. The molecule has 2 atom stereocenters. The summed E-state index contributed by atoms with van der Waals surface area (Å²) in [6, 6.07) is 2.79. The molecule has 0 spiro atoms. The molecule has 0 radical (unpaired) electrons. The molecule has 1 unspecified atom stereocenters. The second-order valence-electron chi connectivity index (χ2n) is 5.22. The number of piperidine rings is 1. The van der Waals surface area contributed by atoms with Gasteiger partial charge in [0.15, 0.2) is 0 Å². The Morgan fingerprint density at radius 1 is 1.21 bits per heavy atom. The Labute approximate surface area is 89.1 Å². The van der Waals surface area contributed by atoms with E-state index in [0.717, 1.165) is 12.1 Å². The zero-order valence-electron chi connectivity index (χ0n) is 10.4. The number of nitrogens with one attached hydrogen (secondary N) is 1. The summed E-state index contributed by atoms with van der Waals surface area (Å²) in [5, 5.41) is 3.64. The normalized spacial score (nSPS) is 30.2.